The largest absolute Gasteiger partial charge is 0.393 e. The van der Waals surface area contributed by atoms with Gasteiger partial charge >= 0.3 is 0 Å². The number of nitrogens with one attached hydrogen (secondary N) is 1. The Hall–Kier alpha value is -2.51. The normalized spacial score (nSPS) is 20.4. The highest BCUT2D eigenvalue weighted by atomic mass is 32.1. The van der Waals surface area contributed by atoms with E-state index in [0.29, 0.717) is 6.04 Å². The summed E-state index contributed by atoms with van der Waals surface area (Å²) >= 11 is 1.60. The van der Waals surface area contributed by atoms with Crippen LogP contribution in [0.2, 0.25) is 0 Å². The summed E-state index contributed by atoms with van der Waals surface area (Å²) in [6.07, 6.45) is 5.18. The fourth-order valence-electron chi connectivity index (χ4n) is 3.69. The topological polar surface area (TPSA) is 62.5 Å². The maximum Gasteiger partial charge on any atom is 0.154 e. The molecule has 0 amide bonds. The minimum Gasteiger partial charge on any atom is -0.393 e. The Balaban J connectivity index is 1.49. The van der Waals surface area contributed by atoms with Crippen molar-refractivity contribution in [2.45, 2.75) is 37.8 Å². The number of aliphatic hydroxyl groups is 1. The molecule has 2 N–H and O–H groups in total. The predicted molar refractivity (Wildman–Crippen MR) is 106 cm³/mol. The van der Waals surface area contributed by atoms with Gasteiger partial charge in [-0.25, -0.2) is 13.9 Å². The van der Waals surface area contributed by atoms with Crippen molar-refractivity contribution in [1.82, 2.24) is 14.6 Å². The zero-order chi connectivity index (χ0) is 18.4. The maximum atomic E-state index is 13.5. The molecule has 5 rings (SSSR count). The number of imidazole rings is 1. The third-order valence-corrected chi connectivity index (χ3v) is 6.28. The second kappa shape index (κ2) is 6.58. The number of rotatable bonds is 3. The molecule has 4 aromatic rings. The van der Waals surface area contributed by atoms with Gasteiger partial charge < -0.3 is 10.4 Å². The van der Waals surface area contributed by atoms with E-state index in [-0.39, 0.29) is 11.9 Å². The Morgan fingerprint density at radius 1 is 1.11 bits per heavy atom. The molecule has 0 aliphatic heterocycles. The van der Waals surface area contributed by atoms with Gasteiger partial charge in [0.25, 0.3) is 0 Å². The Bertz CT molecular complexity index is 1110. The molecule has 1 fully saturated rings. The Labute approximate surface area is 159 Å². The van der Waals surface area contributed by atoms with E-state index in [2.05, 4.69) is 10.3 Å². The van der Waals surface area contributed by atoms with E-state index in [9.17, 15) is 9.50 Å². The second-order valence-electron chi connectivity index (χ2n) is 7.07. The highest BCUT2D eigenvalue weighted by Crippen LogP contribution is 2.34. The molecule has 7 heteroatoms. The van der Waals surface area contributed by atoms with Crippen molar-refractivity contribution in [3.05, 3.63) is 48.4 Å². The van der Waals surface area contributed by atoms with Gasteiger partial charge in [0, 0.05) is 10.7 Å². The number of aliphatic hydroxyl groups excluding tert-OH is 1. The van der Waals surface area contributed by atoms with Crippen LogP contribution >= 0.6 is 11.3 Å². The smallest absolute Gasteiger partial charge is 0.154 e. The molecule has 0 atom stereocenters. The molecule has 0 unspecified atom stereocenters. The van der Waals surface area contributed by atoms with Gasteiger partial charge in [-0.2, -0.15) is 0 Å². The number of fused-ring (bicyclic) bond motifs is 2. The Kier molecular flexibility index (Phi) is 4.06. The molecule has 0 radical (unpaired) electrons. The van der Waals surface area contributed by atoms with Crippen LogP contribution in [0.3, 0.4) is 0 Å². The fourth-order valence-corrected chi connectivity index (χ4v) is 4.73. The van der Waals surface area contributed by atoms with Gasteiger partial charge in [-0.3, -0.25) is 0 Å². The summed E-state index contributed by atoms with van der Waals surface area (Å²) < 4.78 is 16.4. The molecule has 1 saturated carbocycles. The first-order valence-electron chi connectivity index (χ1n) is 9.14. The summed E-state index contributed by atoms with van der Waals surface area (Å²) in [6.45, 7) is 0. The zero-order valence-electron chi connectivity index (χ0n) is 14.6. The van der Waals surface area contributed by atoms with Crippen molar-refractivity contribution >= 4 is 32.9 Å². The highest BCUT2D eigenvalue weighted by Gasteiger charge is 2.20. The van der Waals surface area contributed by atoms with Gasteiger partial charge in [-0.15, -0.1) is 16.4 Å². The Morgan fingerprint density at radius 3 is 2.81 bits per heavy atom. The van der Waals surface area contributed by atoms with Crippen molar-refractivity contribution < 1.29 is 9.50 Å². The van der Waals surface area contributed by atoms with Gasteiger partial charge in [0.05, 0.1) is 17.2 Å². The van der Waals surface area contributed by atoms with Crippen molar-refractivity contribution in [3.8, 4) is 10.6 Å². The van der Waals surface area contributed by atoms with Crippen LogP contribution in [0.1, 0.15) is 25.7 Å². The van der Waals surface area contributed by atoms with Crippen molar-refractivity contribution in [2.75, 3.05) is 5.32 Å². The SMILES string of the molecule is O[C@H]1CC[C@H](Nc2ccc3ncc(-c4cc5cc(F)ccc5s4)n3n2)CC1. The third-order valence-electron chi connectivity index (χ3n) is 5.14. The van der Waals surface area contributed by atoms with Gasteiger partial charge in [0.1, 0.15) is 17.3 Å². The standard InChI is InChI=1S/C20H19FN4OS/c21-13-1-6-17-12(9-13)10-18(27-17)16-11-22-20-8-7-19(24-25(16)20)23-14-2-4-15(26)5-3-14/h1,6-11,14-15,26H,2-5H2,(H,23,24)/t14-,15-. The van der Waals surface area contributed by atoms with E-state index in [0.717, 1.165) is 57.8 Å². The first-order chi connectivity index (χ1) is 13.2. The second-order valence-corrected chi connectivity index (χ2v) is 8.16. The Morgan fingerprint density at radius 2 is 1.96 bits per heavy atom. The average molecular weight is 382 g/mol. The summed E-state index contributed by atoms with van der Waals surface area (Å²) in [4.78, 5) is 5.46. The number of nitrogens with zero attached hydrogens (tertiary/aromatic N) is 3. The lowest BCUT2D eigenvalue weighted by atomic mass is 9.93. The van der Waals surface area contributed by atoms with Crippen LogP contribution in [-0.2, 0) is 0 Å². The molecule has 0 bridgehead atoms. The number of anilines is 1. The summed E-state index contributed by atoms with van der Waals surface area (Å²) in [6, 6.07) is 11.0. The molecule has 0 saturated heterocycles. The lowest BCUT2D eigenvalue weighted by Crippen LogP contribution is -2.28. The zero-order valence-corrected chi connectivity index (χ0v) is 15.4. The van der Waals surface area contributed by atoms with Crippen LogP contribution in [0, 0.1) is 5.82 Å². The maximum absolute atomic E-state index is 13.5. The third kappa shape index (κ3) is 3.17. The first-order valence-corrected chi connectivity index (χ1v) is 9.96. The molecule has 1 aromatic carbocycles. The number of hydrogen-bond donors (Lipinski definition) is 2. The van der Waals surface area contributed by atoms with Gasteiger partial charge in [-0.05, 0) is 67.5 Å². The van der Waals surface area contributed by atoms with Gasteiger partial charge in [-0.1, -0.05) is 0 Å². The van der Waals surface area contributed by atoms with Crippen LogP contribution in [-0.4, -0.2) is 31.9 Å². The molecule has 1 aliphatic carbocycles. The van der Waals surface area contributed by atoms with E-state index in [1.165, 1.54) is 6.07 Å². The van der Waals surface area contributed by atoms with E-state index in [4.69, 9.17) is 5.10 Å². The minimum absolute atomic E-state index is 0.170. The number of thiophene rings is 1. The predicted octanol–water partition coefficient (Wildman–Crippen LogP) is 4.47. The van der Waals surface area contributed by atoms with Crippen LogP contribution in [0.4, 0.5) is 10.2 Å². The molecular weight excluding hydrogens is 363 g/mol. The van der Waals surface area contributed by atoms with Crippen LogP contribution in [0.15, 0.2) is 42.6 Å². The molecule has 27 heavy (non-hydrogen) atoms. The molecular formula is C20H19FN4OS. The molecule has 3 heterocycles. The summed E-state index contributed by atoms with van der Waals surface area (Å²) in [5.41, 5.74) is 1.67. The van der Waals surface area contributed by atoms with Crippen LogP contribution < -0.4 is 5.32 Å². The van der Waals surface area contributed by atoms with Crippen molar-refractivity contribution in [1.29, 1.82) is 0 Å². The quantitative estimate of drug-likeness (QED) is 0.549. The molecule has 0 spiro atoms. The molecule has 1 aliphatic rings. The first kappa shape index (κ1) is 16.6. The number of halogens is 1. The van der Waals surface area contributed by atoms with E-state index in [1.807, 2.05) is 28.9 Å². The minimum atomic E-state index is -0.229. The van der Waals surface area contributed by atoms with E-state index in [1.54, 1.807) is 23.5 Å². The van der Waals surface area contributed by atoms with Crippen molar-refractivity contribution in [2.24, 2.45) is 0 Å². The van der Waals surface area contributed by atoms with Crippen LogP contribution in [0.5, 0.6) is 0 Å². The number of aromatic nitrogens is 3. The number of benzene rings is 1. The van der Waals surface area contributed by atoms with E-state index < -0.39 is 0 Å². The monoisotopic (exact) mass is 382 g/mol. The lowest BCUT2D eigenvalue weighted by molar-refractivity contribution is 0.126. The van der Waals surface area contributed by atoms with E-state index >= 15 is 0 Å². The fraction of sp³-hybridized carbons (Fsp3) is 0.300. The molecule has 3 aromatic heterocycles. The summed E-state index contributed by atoms with van der Waals surface area (Å²) in [7, 11) is 0. The van der Waals surface area contributed by atoms with Crippen LogP contribution in [0.25, 0.3) is 26.3 Å². The molecule has 138 valence electrons. The summed E-state index contributed by atoms with van der Waals surface area (Å²) in [5, 5.41) is 18.8. The van der Waals surface area contributed by atoms with Gasteiger partial charge in [0.2, 0.25) is 0 Å². The van der Waals surface area contributed by atoms with Crippen molar-refractivity contribution in [3.63, 3.8) is 0 Å². The molecule has 5 nitrogen and oxygen atoms in total. The van der Waals surface area contributed by atoms with Gasteiger partial charge in [0.15, 0.2) is 5.65 Å². The average Bonchev–Trinajstić information content (AvgIpc) is 3.26. The highest BCUT2D eigenvalue weighted by molar-refractivity contribution is 7.22. The number of hydrogen-bond acceptors (Lipinski definition) is 5. The summed E-state index contributed by atoms with van der Waals surface area (Å²) in [5.74, 6) is 0.572. The lowest BCUT2D eigenvalue weighted by Gasteiger charge is -2.26.